The molecule has 0 atom stereocenters. The second-order valence-corrected chi connectivity index (χ2v) is 6.88. The lowest BCUT2D eigenvalue weighted by molar-refractivity contribution is 0.164. The summed E-state index contributed by atoms with van der Waals surface area (Å²) in [6.07, 6.45) is 0. The third-order valence-corrected chi connectivity index (χ3v) is 4.30. The highest BCUT2D eigenvalue weighted by Gasteiger charge is 2.22. The Morgan fingerprint density at radius 3 is 2.52 bits per heavy atom. The maximum atomic E-state index is 9.77. The van der Waals surface area contributed by atoms with Gasteiger partial charge >= 0.3 is 0 Å². The number of ether oxygens (including phenoxy) is 2. The molecule has 0 amide bonds. The summed E-state index contributed by atoms with van der Waals surface area (Å²) in [4.78, 5) is 6.51. The van der Waals surface area contributed by atoms with Crippen molar-refractivity contribution in [2.24, 2.45) is 5.16 Å². The first kappa shape index (κ1) is 20.7. The Morgan fingerprint density at radius 2 is 1.93 bits per heavy atom. The number of pyridine rings is 1. The number of aryl methyl sites for hydroxylation is 3. The van der Waals surface area contributed by atoms with Gasteiger partial charge in [0.1, 0.15) is 5.75 Å². The van der Waals surface area contributed by atoms with Crippen LogP contribution < -0.4 is 4.74 Å². The van der Waals surface area contributed by atoms with Crippen molar-refractivity contribution < 1.29 is 14.7 Å². The smallest absolute Gasteiger partial charge is 0.230 e. The van der Waals surface area contributed by atoms with Crippen LogP contribution in [0, 0.1) is 20.8 Å². The normalized spacial score (nSPS) is 11.7. The van der Waals surface area contributed by atoms with Gasteiger partial charge in [0.05, 0.1) is 12.2 Å². The summed E-state index contributed by atoms with van der Waals surface area (Å²) in [5.41, 5.74) is 3.64. The highest BCUT2D eigenvalue weighted by molar-refractivity contribution is 6.00. The lowest BCUT2D eigenvalue weighted by Crippen LogP contribution is -2.40. The molecule has 0 fully saturated rings. The molecule has 1 N–H and O–H groups in total. The minimum Gasteiger partial charge on any atom is -0.438 e. The number of oxime groups is 1. The third-order valence-electron chi connectivity index (χ3n) is 4.30. The number of hydrogen-bond acceptors (Lipinski definition) is 5. The lowest BCUT2D eigenvalue weighted by Gasteiger charge is -2.29. The molecule has 0 saturated heterocycles. The average Bonchev–Trinajstić information content (AvgIpc) is 2.61. The zero-order valence-corrected chi connectivity index (χ0v) is 17.0. The van der Waals surface area contributed by atoms with Crippen LogP contribution in [0.5, 0.6) is 11.6 Å². The molecule has 0 spiro atoms. The highest BCUT2D eigenvalue weighted by atomic mass is 16.5. The van der Waals surface area contributed by atoms with Gasteiger partial charge in [0.25, 0.3) is 0 Å². The second-order valence-electron chi connectivity index (χ2n) is 6.88. The van der Waals surface area contributed by atoms with E-state index in [1.54, 1.807) is 7.11 Å². The maximum absolute atomic E-state index is 9.77. The van der Waals surface area contributed by atoms with E-state index < -0.39 is 0 Å². The van der Waals surface area contributed by atoms with Gasteiger partial charge in [-0.1, -0.05) is 22.9 Å². The molecule has 0 saturated carbocycles. The van der Waals surface area contributed by atoms with Crippen LogP contribution in [0.4, 0.5) is 0 Å². The molecular formula is C21H29N3O3. The van der Waals surface area contributed by atoms with Gasteiger partial charge in [-0.2, -0.15) is 0 Å². The van der Waals surface area contributed by atoms with Gasteiger partial charge in [-0.15, -0.1) is 0 Å². The topological polar surface area (TPSA) is 67.2 Å². The van der Waals surface area contributed by atoms with Crippen LogP contribution in [-0.4, -0.2) is 47.2 Å². The molecule has 0 aliphatic heterocycles. The van der Waals surface area contributed by atoms with Gasteiger partial charge in [-0.3, -0.25) is 0 Å². The monoisotopic (exact) mass is 371 g/mol. The average molecular weight is 371 g/mol. The molecule has 0 aliphatic rings. The molecule has 1 heterocycles. The standard InChI is InChI=1S/C21H29N3O3/c1-14(2)24(11-12-26-6)20(23-25)18-9-8-17(5)22-21(18)27-19-10-7-15(3)13-16(19)4/h7-10,13-14,25H,11-12H2,1-6H3/b23-20-. The van der Waals surface area contributed by atoms with Crippen molar-refractivity contribution in [3.8, 4) is 11.6 Å². The summed E-state index contributed by atoms with van der Waals surface area (Å²) < 4.78 is 11.3. The molecule has 0 aliphatic carbocycles. The Morgan fingerprint density at radius 1 is 1.19 bits per heavy atom. The lowest BCUT2D eigenvalue weighted by atomic mass is 10.1. The number of hydrogen-bond donors (Lipinski definition) is 1. The first-order valence-corrected chi connectivity index (χ1v) is 9.08. The third kappa shape index (κ3) is 5.20. The van der Waals surface area contributed by atoms with Gasteiger partial charge in [0.2, 0.25) is 5.88 Å². The summed E-state index contributed by atoms with van der Waals surface area (Å²) in [6.45, 7) is 11.1. The fraction of sp³-hybridized carbons (Fsp3) is 0.429. The Bertz CT molecular complexity index is 803. The summed E-state index contributed by atoms with van der Waals surface area (Å²) in [5, 5.41) is 13.3. The Hall–Kier alpha value is -2.60. The number of rotatable bonds is 7. The molecule has 2 rings (SSSR count). The van der Waals surface area contributed by atoms with Crippen LogP contribution in [0.15, 0.2) is 35.5 Å². The minimum absolute atomic E-state index is 0.112. The fourth-order valence-electron chi connectivity index (χ4n) is 2.86. The van der Waals surface area contributed by atoms with Crippen molar-refractivity contribution in [2.45, 2.75) is 40.7 Å². The van der Waals surface area contributed by atoms with Gasteiger partial charge in [-0.05, 0) is 58.4 Å². The summed E-state index contributed by atoms with van der Waals surface area (Å²) in [7, 11) is 1.65. The Labute approximate surface area is 161 Å². The molecule has 0 bridgehead atoms. The number of aromatic nitrogens is 1. The summed E-state index contributed by atoms with van der Waals surface area (Å²) in [5.74, 6) is 1.55. The van der Waals surface area contributed by atoms with Crippen molar-refractivity contribution in [2.75, 3.05) is 20.3 Å². The van der Waals surface area contributed by atoms with E-state index in [-0.39, 0.29) is 6.04 Å². The van der Waals surface area contributed by atoms with Crippen LogP contribution in [0.2, 0.25) is 0 Å². The largest absolute Gasteiger partial charge is 0.438 e. The van der Waals surface area contributed by atoms with Crippen LogP contribution in [0.25, 0.3) is 0 Å². The number of methoxy groups -OCH3 is 1. The fourth-order valence-corrected chi connectivity index (χ4v) is 2.86. The predicted octanol–water partition coefficient (Wildman–Crippen LogP) is 4.29. The van der Waals surface area contributed by atoms with E-state index in [1.165, 1.54) is 5.56 Å². The predicted molar refractivity (Wildman–Crippen MR) is 107 cm³/mol. The molecule has 2 aromatic rings. The van der Waals surface area contributed by atoms with E-state index in [4.69, 9.17) is 9.47 Å². The van der Waals surface area contributed by atoms with Crippen molar-refractivity contribution in [1.82, 2.24) is 9.88 Å². The quantitative estimate of drug-likeness (QED) is 0.340. The van der Waals surface area contributed by atoms with Crippen LogP contribution >= 0.6 is 0 Å². The van der Waals surface area contributed by atoms with E-state index in [2.05, 4.69) is 16.2 Å². The molecular weight excluding hydrogens is 342 g/mol. The molecule has 1 aromatic heterocycles. The molecule has 0 radical (unpaired) electrons. The van der Waals surface area contributed by atoms with Crippen LogP contribution in [-0.2, 0) is 4.74 Å². The van der Waals surface area contributed by atoms with Gasteiger partial charge in [0, 0.05) is 25.4 Å². The van der Waals surface area contributed by atoms with Crippen molar-refractivity contribution >= 4 is 5.84 Å². The first-order valence-electron chi connectivity index (χ1n) is 9.08. The number of benzene rings is 1. The molecule has 6 heteroatoms. The number of nitrogens with zero attached hydrogens (tertiary/aromatic N) is 3. The minimum atomic E-state index is 0.112. The van der Waals surface area contributed by atoms with Gasteiger partial charge in [0.15, 0.2) is 5.84 Å². The highest BCUT2D eigenvalue weighted by Crippen LogP contribution is 2.28. The van der Waals surface area contributed by atoms with E-state index >= 15 is 0 Å². The summed E-state index contributed by atoms with van der Waals surface area (Å²) >= 11 is 0. The second kappa shape index (κ2) is 9.37. The van der Waals surface area contributed by atoms with E-state index in [9.17, 15) is 5.21 Å². The van der Waals surface area contributed by atoms with Crippen LogP contribution in [0.3, 0.4) is 0 Å². The molecule has 146 valence electrons. The molecule has 0 unspecified atom stereocenters. The van der Waals surface area contributed by atoms with Crippen molar-refractivity contribution in [3.05, 3.63) is 52.7 Å². The van der Waals surface area contributed by atoms with E-state index in [0.717, 1.165) is 17.0 Å². The van der Waals surface area contributed by atoms with Gasteiger partial charge < -0.3 is 19.6 Å². The van der Waals surface area contributed by atoms with Crippen molar-refractivity contribution in [3.63, 3.8) is 0 Å². The maximum Gasteiger partial charge on any atom is 0.230 e. The zero-order valence-electron chi connectivity index (χ0n) is 17.0. The van der Waals surface area contributed by atoms with Crippen molar-refractivity contribution in [1.29, 1.82) is 0 Å². The van der Waals surface area contributed by atoms with Gasteiger partial charge in [-0.25, -0.2) is 4.98 Å². The first-order chi connectivity index (χ1) is 12.9. The zero-order chi connectivity index (χ0) is 20.0. The Balaban J connectivity index is 2.46. The molecule has 1 aromatic carbocycles. The van der Waals surface area contributed by atoms with E-state index in [0.29, 0.717) is 30.4 Å². The molecule has 27 heavy (non-hydrogen) atoms. The Kier molecular flexibility index (Phi) is 7.19. The number of amidine groups is 1. The molecule has 6 nitrogen and oxygen atoms in total. The van der Waals surface area contributed by atoms with Crippen LogP contribution in [0.1, 0.15) is 36.2 Å². The van der Waals surface area contributed by atoms with E-state index in [1.807, 2.05) is 63.8 Å². The SMILES string of the molecule is COCCN(/C(=N\O)c1ccc(C)nc1Oc1ccc(C)cc1C)C(C)C. The summed E-state index contributed by atoms with van der Waals surface area (Å²) in [6, 6.07) is 9.85.